The maximum absolute atomic E-state index is 12.3. The van der Waals surface area contributed by atoms with Crippen LogP contribution in [0.25, 0.3) is 0 Å². The number of hydrogen-bond donors (Lipinski definition) is 3. The van der Waals surface area contributed by atoms with E-state index in [1.807, 2.05) is 6.92 Å². The number of H-pyrrole nitrogens is 1. The van der Waals surface area contributed by atoms with E-state index in [-0.39, 0.29) is 18.0 Å². The maximum atomic E-state index is 12.3. The minimum Gasteiger partial charge on any atom is -0.392 e. The molecule has 0 bridgehead atoms. The van der Waals surface area contributed by atoms with Gasteiger partial charge in [0.2, 0.25) is 10.0 Å². The van der Waals surface area contributed by atoms with Gasteiger partial charge in [0.1, 0.15) is 0 Å². The molecule has 1 aromatic heterocycles. The van der Waals surface area contributed by atoms with Crippen molar-refractivity contribution in [3.8, 4) is 0 Å². The second-order valence-electron chi connectivity index (χ2n) is 4.36. The number of imidazole rings is 1. The van der Waals surface area contributed by atoms with Crippen LogP contribution >= 0.6 is 0 Å². The third kappa shape index (κ3) is 3.24. The molecule has 1 heterocycles. The summed E-state index contributed by atoms with van der Waals surface area (Å²) in [4.78, 5) is 6.88. The highest BCUT2D eigenvalue weighted by Crippen LogP contribution is 2.19. The number of aromatic amines is 1. The van der Waals surface area contributed by atoms with E-state index in [0.717, 1.165) is 5.56 Å². The molecule has 0 aliphatic heterocycles. The van der Waals surface area contributed by atoms with Crippen LogP contribution in [0.15, 0.2) is 35.6 Å². The second-order valence-corrected chi connectivity index (χ2v) is 6.09. The first-order valence-corrected chi connectivity index (χ1v) is 7.74. The van der Waals surface area contributed by atoms with Crippen molar-refractivity contribution < 1.29 is 13.5 Å². The number of sulfonamides is 1. The summed E-state index contributed by atoms with van der Waals surface area (Å²) in [6.45, 7) is 1.85. The molecule has 108 valence electrons. The molecule has 0 unspecified atom stereocenters. The molecule has 0 aliphatic carbocycles. The molecule has 1 aromatic carbocycles. The predicted octanol–water partition coefficient (Wildman–Crippen LogP) is 0.943. The number of nitrogens with one attached hydrogen (secondary N) is 2. The fourth-order valence-electron chi connectivity index (χ4n) is 1.87. The van der Waals surface area contributed by atoms with Gasteiger partial charge in [-0.05, 0) is 23.6 Å². The molecular formula is C13H17N3O3S. The summed E-state index contributed by atoms with van der Waals surface area (Å²) in [5.41, 5.74) is 1.98. The maximum Gasteiger partial charge on any atom is 0.241 e. The molecule has 0 aliphatic rings. The van der Waals surface area contributed by atoms with Crippen molar-refractivity contribution in [2.45, 2.75) is 31.4 Å². The molecule has 0 spiro atoms. The van der Waals surface area contributed by atoms with Gasteiger partial charge in [-0.2, -0.15) is 0 Å². The zero-order valence-electron chi connectivity index (χ0n) is 11.1. The monoisotopic (exact) mass is 295 g/mol. The molecule has 0 amide bonds. The summed E-state index contributed by atoms with van der Waals surface area (Å²) in [5, 5.41) is 9.14. The van der Waals surface area contributed by atoms with Crippen molar-refractivity contribution in [1.29, 1.82) is 0 Å². The van der Waals surface area contributed by atoms with Crippen molar-refractivity contribution in [2.24, 2.45) is 0 Å². The van der Waals surface area contributed by atoms with Crippen LogP contribution in [0.2, 0.25) is 0 Å². The highest BCUT2D eigenvalue weighted by Gasteiger charge is 2.18. The number of aliphatic hydroxyl groups is 1. The third-order valence-electron chi connectivity index (χ3n) is 2.99. The molecule has 6 nitrogen and oxygen atoms in total. The smallest absolute Gasteiger partial charge is 0.241 e. The minimum atomic E-state index is -3.62. The van der Waals surface area contributed by atoms with Gasteiger partial charge in [-0.15, -0.1) is 0 Å². The van der Waals surface area contributed by atoms with E-state index >= 15 is 0 Å². The first-order valence-electron chi connectivity index (χ1n) is 6.26. The molecule has 0 saturated carbocycles. The van der Waals surface area contributed by atoms with E-state index in [0.29, 0.717) is 17.7 Å². The Kier molecular flexibility index (Phi) is 4.53. The molecular weight excluding hydrogens is 278 g/mol. The quantitative estimate of drug-likeness (QED) is 0.739. The van der Waals surface area contributed by atoms with Gasteiger partial charge in [0.05, 0.1) is 24.4 Å². The topological polar surface area (TPSA) is 95.1 Å². The van der Waals surface area contributed by atoms with Gasteiger partial charge < -0.3 is 10.1 Å². The lowest BCUT2D eigenvalue weighted by Crippen LogP contribution is -2.24. The van der Waals surface area contributed by atoms with Crippen LogP contribution in [0.1, 0.15) is 23.7 Å². The molecule has 0 fully saturated rings. The number of rotatable bonds is 6. The molecule has 2 rings (SSSR count). The summed E-state index contributed by atoms with van der Waals surface area (Å²) in [5.74, 6) is 0. The van der Waals surface area contributed by atoms with Crippen molar-refractivity contribution in [2.75, 3.05) is 0 Å². The zero-order valence-corrected chi connectivity index (χ0v) is 11.9. The molecule has 2 aromatic rings. The average molecular weight is 295 g/mol. The van der Waals surface area contributed by atoms with E-state index in [4.69, 9.17) is 5.11 Å². The van der Waals surface area contributed by atoms with Crippen LogP contribution in [-0.2, 0) is 29.6 Å². The third-order valence-corrected chi connectivity index (χ3v) is 4.48. The summed E-state index contributed by atoms with van der Waals surface area (Å²) in [6.07, 6.45) is 3.66. The van der Waals surface area contributed by atoms with Gasteiger partial charge in [-0.25, -0.2) is 18.1 Å². The van der Waals surface area contributed by atoms with Gasteiger partial charge in [0.15, 0.2) is 0 Å². The van der Waals surface area contributed by atoms with E-state index in [2.05, 4.69) is 14.7 Å². The van der Waals surface area contributed by atoms with E-state index in [1.165, 1.54) is 12.4 Å². The van der Waals surface area contributed by atoms with Gasteiger partial charge in [-0.3, -0.25) is 0 Å². The first kappa shape index (κ1) is 14.7. The molecule has 0 radical (unpaired) electrons. The highest BCUT2D eigenvalue weighted by atomic mass is 32.2. The lowest BCUT2D eigenvalue weighted by Gasteiger charge is -2.11. The number of aromatic nitrogens is 2. The number of hydrogen-bond acceptors (Lipinski definition) is 4. The van der Waals surface area contributed by atoms with Gasteiger partial charge in [0.25, 0.3) is 0 Å². The Bertz CT molecular complexity index is 666. The summed E-state index contributed by atoms with van der Waals surface area (Å²) in [7, 11) is -3.62. The van der Waals surface area contributed by atoms with E-state index in [1.54, 1.807) is 18.3 Å². The van der Waals surface area contributed by atoms with E-state index < -0.39 is 10.0 Å². The van der Waals surface area contributed by atoms with Gasteiger partial charge >= 0.3 is 0 Å². The number of aliphatic hydroxyl groups excluding tert-OH is 1. The highest BCUT2D eigenvalue weighted by molar-refractivity contribution is 7.89. The first-order chi connectivity index (χ1) is 9.56. The lowest BCUT2D eigenvalue weighted by atomic mass is 10.1. The Morgan fingerprint density at radius 3 is 2.80 bits per heavy atom. The van der Waals surface area contributed by atoms with Crippen LogP contribution in [0.3, 0.4) is 0 Å². The summed E-state index contributed by atoms with van der Waals surface area (Å²) in [6, 6.07) is 4.97. The normalized spacial score (nSPS) is 11.7. The number of nitrogens with zero attached hydrogens (tertiary/aromatic N) is 1. The molecule has 0 atom stereocenters. The Hall–Kier alpha value is -1.70. The average Bonchev–Trinajstić information content (AvgIpc) is 2.98. The minimum absolute atomic E-state index is 0.148. The van der Waals surface area contributed by atoms with Crippen LogP contribution in [0.5, 0.6) is 0 Å². The second kappa shape index (κ2) is 6.17. The Morgan fingerprint density at radius 2 is 2.20 bits per heavy atom. The molecule has 0 saturated heterocycles. The van der Waals surface area contributed by atoms with Crippen molar-refractivity contribution >= 4 is 10.0 Å². The van der Waals surface area contributed by atoms with Crippen LogP contribution in [0.4, 0.5) is 0 Å². The summed E-state index contributed by atoms with van der Waals surface area (Å²) >= 11 is 0. The molecule has 20 heavy (non-hydrogen) atoms. The van der Waals surface area contributed by atoms with Crippen molar-refractivity contribution in [3.05, 3.63) is 47.5 Å². The van der Waals surface area contributed by atoms with Crippen LogP contribution in [0, 0.1) is 0 Å². The Balaban J connectivity index is 2.28. The Labute approximate surface area is 117 Å². The van der Waals surface area contributed by atoms with Crippen LogP contribution in [-0.4, -0.2) is 23.5 Å². The van der Waals surface area contributed by atoms with Crippen molar-refractivity contribution in [3.63, 3.8) is 0 Å². The largest absolute Gasteiger partial charge is 0.392 e. The SMILES string of the molecule is CCc1ccc(CO)cc1S(=O)(=O)NCc1cnc[nH]1. The number of benzene rings is 1. The molecule has 3 N–H and O–H groups in total. The number of aryl methyl sites for hydroxylation is 1. The summed E-state index contributed by atoms with van der Waals surface area (Å²) < 4.78 is 27.2. The zero-order chi connectivity index (χ0) is 14.6. The van der Waals surface area contributed by atoms with Gasteiger partial charge in [-0.1, -0.05) is 19.1 Å². The van der Waals surface area contributed by atoms with Crippen LogP contribution < -0.4 is 4.72 Å². The fourth-order valence-corrected chi connectivity index (χ4v) is 3.24. The predicted molar refractivity (Wildman–Crippen MR) is 74.4 cm³/mol. The standard InChI is InChI=1S/C13H17N3O3S/c1-2-11-4-3-10(8-17)5-13(11)20(18,19)16-7-12-6-14-9-15-12/h3-6,9,16-17H,2,7-8H2,1H3,(H,14,15). The lowest BCUT2D eigenvalue weighted by molar-refractivity contribution is 0.281. The van der Waals surface area contributed by atoms with Gasteiger partial charge in [0, 0.05) is 11.9 Å². The van der Waals surface area contributed by atoms with Crippen molar-refractivity contribution in [1.82, 2.24) is 14.7 Å². The van der Waals surface area contributed by atoms with E-state index in [9.17, 15) is 8.42 Å². The Morgan fingerprint density at radius 1 is 1.40 bits per heavy atom. The molecule has 7 heteroatoms. The fraction of sp³-hybridized carbons (Fsp3) is 0.308.